The Labute approximate surface area is 70.5 Å². The highest BCUT2D eigenvalue weighted by atomic mass is 16.7. The third kappa shape index (κ3) is 1.34. The molecule has 1 heterocycles. The van der Waals surface area contributed by atoms with Crippen LogP contribution in [0.3, 0.4) is 0 Å². The molecule has 0 bridgehead atoms. The van der Waals surface area contributed by atoms with Crippen molar-refractivity contribution >= 4 is 0 Å². The predicted molar refractivity (Wildman–Crippen MR) is 39.4 cm³/mol. The van der Waals surface area contributed by atoms with Gasteiger partial charge in [-0.1, -0.05) is 0 Å². The van der Waals surface area contributed by atoms with E-state index >= 15 is 0 Å². The summed E-state index contributed by atoms with van der Waals surface area (Å²) in [5.41, 5.74) is -1.46. The van der Waals surface area contributed by atoms with Gasteiger partial charge in [0.2, 0.25) is 0 Å². The molecule has 3 N–H and O–H groups in total. The lowest BCUT2D eigenvalue weighted by Crippen LogP contribution is -2.46. The number of aliphatic hydroxyl groups is 3. The minimum Gasteiger partial charge on any atom is -0.394 e. The van der Waals surface area contributed by atoms with Crippen molar-refractivity contribution < 1.29 is 24.8 Å². The summed E-state index contributed by atoms with van der Waals surface area (Å²) < 4.78 is 9.80. The molecule has 0 spiro atoms. The Morgan fingerprint density at radius 1 is 1.58 bits per heavy atom. The average Bonchev–Trinajstić information content (AvgIpc) is 2.25. The molecule has 0 amide bonds. The molecule has 1 saturated heterocycles. The minimum absolute atomic E-state index is 0.336. The SMILES string of the molecule is CO[C@H]1O[C@H](CO)[C@@H](O)[C@@]1(C)O. The molecular weight excluding hydrogens is 164 g/mol. The van der Waals surface area contributed by atoms with Crippen LogP contribution in [-0.2, 0) is 9.47 Å². The Kier molecular flexibility index (Phi) is 2.70. The lowest BCUT2D eigenvalue weighted by atomic mass is 9.98. The van der Waals surface area contributed by atoms with E-state index in [1.54, 1.807) is 0 Å². The highest BCUT2D eigenvalue weighted by molar-refractivity contribution is 4.96. The zero-order valence-corrected chi connectivity index (χ0v) is 7.10. The smallest absolute Gasteiger partial charge is 0.188 e. The number of aliphatic hydroxyl groups excluding tert-OH is 2. The van der Waals surface area contributed by atoms with Gasteiger partial charge in [0.15, 0.2) is 6.29 Å². The molecule has 12 heavy (non-hydrogen) atoms. The molecule has 1 fully saturated rings. The number of methoxy groups -OCH3 is 1. The number of ether oxygens (including phenoxy) is 2. The molecule has 72 valence electrons. The predicted octanol–water partition coefficient (Wildman–Crippen LogP) is -1.54. The fourth-order valence-electron chi connectivity index (χ4n) is 1.32. The van der Waals surface area contributed by atoms with Gasteiger partial charge in [-0.2, -0.15) is 0 Å². The van der Waals surface area contributed by atoms with Crippen LogP contribution in [-0.4, -0.2) is 53.1 Å². The van der Waals surface area contributed by atoms with Crippen LogP contribution < -0.4 is 0 Å². The third-order valence-electron chi connectivity index (χ3n) is 2.12. The third-order valence-corrected chi connectivity index (χ3v) is 2.12. The van der Waals surface area contributed by atoms with E-state index < -0.39 is 24.1 Å². The second kappa shape index (κ2) is 3.27. The van der Waals surface area contributed by atoms with Crippen molar-refractivity contribution in [1.29, 1.82) is 0 Å². The molecule has 0 saturated carbocycles. The first kappa shape index (κ1) is 9.88. The van der Waals surface area contributed by atoms with Crippen molar-refractivity contribution in [2.45, 2.75) is 31.0 Å². The van der Waals surface area contributed by atoms with Gasteiger partial charge < -0.3 is 24.8 Å². The summed E-state index contributed by atoms with van der Waals surface area (Å²) in [6.07, 6.45) is -2.78. The Morgan fingerprint density at radius 2 is 2.17 bits per heavy atom. The molecule has 0 aliphatic carbocycles. The van der Waals surface area contributed by atoms with Crippen LogP contribution in [0.4, 0.5) is 0 Å². The molecule has 1 rings (SSSR count). The fraction of sp³-hybridized carbons (Fsp3) is 1.00. The molecule has 0 aromatic rings. The van der Waals surface area contributed by atoms with Crippen LogP contribution in [0.2, 0.25) is 0 Å². The summed E-state index contributed by atoms with van der Waals surface area (Å²) in [6.45, 7) is 1.07. The molecule has 5 heteroatoms. The van der Waals surface area contributed by atoms with E-state index in [9.17, 15) is 10.2 Å². The first-order chi connectivity index (χ1) is 5.54. The van der Waals surface area contributed by atoms with E-state index in [-0.39, 0.29) is 6.61 Å². The first-order valence-electron chi connectivity index (χ1n) is 3.73. The maximum absolute atomic E-state index is 9.61. The van der Waals surface area contributed by atoms with Gasteiger partial charge in [-0.25, -0.2) is 0 Å². The number of rotatable bonds is 2. The van der Waals surface area contributed by atoms with Crippen molar-refractivity contribution in [2.24, 2.45) is 0 Å². The summed E-state index contributed by atoms with van der Waals surface area (Å²) in [7, 11) is 1.37. The van der Waals surface area contributed by atoms with Crippen molar-refractivity contribution in [3.8, 4) is 0 Å². The molecule has 0 aromatic carbocycles. The van der Waals surface area contributed by atoms with Gasteiger partial charge in [-0.3, -0.25) is 0 Å². The quantitative estimate of drug-likeness (QED) is 0.477. The van der Waals surface area contributed by atoms with Crippen LogP contribution in [0.15, 0.2) is 0 Å². The van der Waals surface area contributed by atoms with Gasteiger partial charge >= 0.3 is 0 Å². The molecule has 1 aliphatic rings. The van der Waals surface area contributed by atoms with E-state index in [4.69, 9.17) is 14.6 Å². The van der Waals surface area contributed by atoms with Gasteiger partial charge in [0.1, 0.15) is 17.8 Å². The average molecular weight is 178 g/mol. The van der Waals surface area contributed by atoms with E-state index in [0.717, 1.165) is 0 Å². The van der Waals surface area contributed by atoms with Crippen LogP contribution >= 0.6 is 0 Å². The lowest BCUT2D eigenvalue weighted by Gasteiger charge is -2.24. The van der Waals surface area contributed by atoms with Crippen LogP contribution in [0.25, 0.3) is 0 Å². The summed E-state index contributed by atoms with van der Waals surface area (Å²) >= 11 is 0. The molecule has 4 atom stereocenters. The Hall–Kier alpha value is -0.200. The van der Waals surface area contributed by atoms with E-state index in [0.29, 0.717) is 0 Å². The largest absolute Gasteiger partial charge is 0.394 e. The second-order valence-electron chi connectivity index (χ2n) is 3.10. The first-order valence-corrected chi connectivity index (χ1v) is 3.73. The standard InChI is InChI=1S/C7H14O5/c1-7(10)5(9)4(3-8)12-6(7)11-2/h4-6,8-10H,3H2,1-2H3/t4-,5-,6+,7-/m1/s1. The van der Waals surface area contributed by atoms with Crippen LogP contribution in [0.5, 0.6) is 0 Å². The zero-order chi connectivity index (χ0) is 9.35. The van der Waals surface area contributed by atoms with Crippen molar-refractivity contribution in [3.63, 3.8) is 0 Å². The fourth-order valence-corrected chi connectivity index (χ4v) is 1.32. The van der Waals surface area contributed by atoms with Crippen molar-refractivity contribution in [1.82, 2.24) is 0 Å². The van der Waals surface area contributed by atoms with Crippen molar-refractivity contribution in [3.05, 3.63) is 0 Å². The number of hydrogen-bond donors (Lipinski definition) is 3. The van der Waals surface area contributed by atoms with Gasteiger partial charge in [0.25, 0.3) is 0 Å². The normalized spacial score (nSPS) is 48.2. The highest BCUT2D eigenvalue weighted by Gasteiger charge is 2.52. The molecule has 0 radical (unpaired) electrons. The summed E-state index contributed by atoms with van der Waals surface area (Å²) in [5.74, 6) is 0. The Balaban J connectivity index is 2.73. The van der Waals surface area contributed by atoms with Crippen LogP contribution in [0.1, 0.15) is 6.92 Å². The van der Waals surface area contributed by atoms with Gasteiger partial charge in [0, 0.05) is 7.11 Å². The second-order valence-corrected chi connectivity index (χ2v) is 3.10. The summed E-state index contributed by atoms with van der Waals surface area (Å²) in [4.78, 5) is 0. The maximum Gasteiger partial charge on any atom is 0.188 e. The Morgan fingerprint density at radius 3 is 2.42 bits per heavy atom. The molecular formula is C7H14O5. The molecule has 1 aliphatic heterocycles. The Bertz CT molecular complexity index is 154. The topological polar surface area (TPSA) is 79.2 Å². The van der Waals surface area contributed by atoms with Gasteiger partial charge in [-0.15, -0.1) is 0 Å². The van der Waals surface area contributed by atoms with Crippen LogP contribution in [0, 0.1) is 0 Å². The lowest BCUT2D eigenvalue weighted by molar-refractivity contribution is -0.186. The number of hydrogen-bond acceptors (Lipinski definition) is 5. The zero-order valence-electron chi connectivity index (χ0n) is 7.10. The van der Waals surface area contributed by atoms with Gasteiger partial charge in [0.05, 0.1) is 6.61 Å². The summed E-state index contributed by atoms with van der Waals surface area (Å²) in [5, 5.41) is 27.7. The van der Waals surface area contributed by atoms with Crippen molar-refractivity contribution in [2.75, 3.05) is 13.7 Å². The molecule has 0 aromatic heterocycles. The highest BCUT2D eigenvalue weighted by Crippen LogP contribution is 2.30. The van der Waals surface area contributed by atoms with Gasteiger partial charge in [-0.05, 0) is 6.92 Å². The maximum atomic E-state index is 9.61. The molecule has 0 unspecified atom stereocenters. The van der Waals surface area contributed by atoms with E-state index in [1.807, 2.05) is 0 Å². The molecule has 5 nitrogen and oxygen atoms in total. The summed E-state index contributed by atoms with van der Waals surface area (Å²) in [6, 6.07) is 0. The van der Waals surface area contributed by atoms with E-state index in [1.165, 1.54) is 14.0 Å². The monoisotopic (exact) mass is 178 g/mol. The minimum atomic E-state index is -1.46. The van der Waals surface area contributed by atoms with E-state index in [2.05, 4.69) is 0 Å².